The molecule has 0 saturated carbocycles. The molecule has 0 spiro atoms. The fraction of sp³-hybridized carbons (Fsp3) is 0.400. The van der Waals surface area contributed by atoms with Crippen LogP contribution in [0.5, 0.6) is 0 Å². The number of hydrogen-bond acceptors (Lipinski definition) is 3. The fourth-order valence-corrected chi connectivity index (χ4v) is 3.70. The van der Waals surface area contributed by atoms with E-state index in [2.05, 4.69) is 32.6 Å². The molecule has 26 heavy (non-hydrogen) atoms. The molecule has 3 heterocycles. The number of para-hydroxylation sites is 1. The predicted octanol–water partition coefficient (Wildman–Crippen LogP) is 2.38. The Balaban J connectivity index is 1.34. The van der Waals surface area contributed by atoms with Gasteiger partial charge in [0.05, 0.1) is 5.56 Å². The highest BCUT2D eigenvalue weighted by atomic mass is 16.2. The van der Waals surface area contributed by atoms with Gasteiger partial charge >= 0.3 is 0 Å². The molecule has 0 aliphatic carbocycles. The fourth-order valence-electron chi connectivity index (χ4n) is 3.70. The molecule has 1 N–H and O–H groups in total. The number of nitrogens with one attached hydrogen (secondary N) is 1. The van der Waals surface area contributed by atoms with Crippen LogP contribution in [0.3, 0.4) is 0 Å². The molecule has 0 unspecified atom stereocenters. The van der Waals surface area contributed by atoms with Crippen LogP contribution in [0.2, 0.25) is 0 Å². The Morgan fingerprint density at radius 3 is 2.77 bits per heavy atom. The lowest BCUT2D eigenvalue weighted by molar-refractivity contribution is 0.0635. The van der Waals surface area contributed by atoms with Crippen LogP contribution < -0.4 is 0 Å². The maximum absolute atomic E-state index is 12.9. The Bertz CT molecular complexity index is 888. The maximum Gasteiger partial charge on any atom is 0.256 e. The number of aryl methyl sites for hydroxylation is 1. The maximum atomic E-state index is 12.9. The summed E-state index contributed by atoms with van der Waals surface area (Å²) in [4.78, 5) is 24.9. The number of piperazine rings is 1. The first-order chi connectivity index (χ1) is 12.8. The molecule has 1 aromatic carbocycles. The van der Waals surface area contributed by atoms with E-state index in [1.165, 1.54) is 0 Å². The van der Waals surface area contributed by atoms with E-state index in [9.17, 15) is 4.79 Å². The van der Waals surface area contributed by atoms with Crippen LogP contribution in [0.4, 0.5) is 0 Å². The number of imidazole rings is 1. The number of aromatic amines is 1. The van der Waals surface area contributed by atoms with Gasteiger partial charge in [-0.1, -0.05) is 25.1 Å². The Kier molecular flexibility index (Phi) is 4.75. The standard InChI is InChI=1S/C20H25N5O/c1-2-19-21-7-8-24(19)12-9-23-10-13-25(14-11-23)20(26)17-15-22-18-6-4-3-5-16(17)18/h3-8,15,22H,2,9-14H2,1H3. The van der Waals surface area contributed by atoms with E-state index in [0.29, 0.717) is 0 Å². The van der Waals surface area contributed by atoms with E-state index < -0.39 is 0 Å². The molecule has 0 atom stereocenters. The highest BCUT2D eigenvalue weighted by Crippen LogP contribution is 2.20. The van der Waals surface area contributed by atoms with Gasteiger partial charge < -0.3 is 14.5 Å². The minimum Gasteiger partial charge on any atom is -0.360 e. The van der Waals surface area contributed by atoms with Crippen LogP contribution in [0.25, 0.3) is 10.9 Å². The van der Waals surface area contributed by atoms with Crippen LogP contribution in [-0.4, -0.2) is 63.0 Å². The van der Waals surface area contributed by atoms with Gasteiger partial charge in [0.15, 0.2) is 0 Å². The normalized spacial score (nSPS) is 15.7. The average Bonchev–Trinajstić information content (AvgIpc) is 3.32. The quantitative estimate of drug-likeness (QED) is 0.768. The zero-order chi connectivity index (χ0) is 17.9. The third-order valence-electron chi connectivity index (χ3n) is 5.25. The van der Waals surface area contributed by atoms with Crippen molar-refractivity contribution in [2.24, 2.45) is 0 Å². The molecule has 1 aliphatic heterocycles. The van der Waals surface area contributed by atoms with Gasteiger partial charge in [-0.2, -0.15) is 0 Å². The average molecular weight is 351 g/mol. The number of hydrogen-bond donors (Lipinski definition) is 1. The minimum absolute atomic E-state index is 0.130. The zero-order valence-electron chi connectivity index (χ0n) is 15.2. The van der Waals surface area contributed by atoms with Crippen molar-refractivity contribution in [1.29, 1.82) is 0 Å². The number of aromatic nitrogens is 3. The Morgan fingerprint density at radius 2 is 1.96 bits per heavy atom. The lowest BCUT2D eigenvalue weighted by atomic mass is 10.1. The summed E-state index contributed by atoms with van der Waals surface area (Å²) < 4.78 is 2.23. The van der Waals surface area contributed by atoms with Gasteiger partial charge in [-0.15, -0.1) is 0 Å². The molecule has 136 valence electrons. The first kappa shape index (κ1) is 16.8. The highest BCUT2D eigenvalue weighted by Gasteiger charge is 2.23. The number of benzene rings is 1. The summed E-state index contributed by atoms with van der Waals surface area (Å²) in [6, 6.07) is 7.97. The van der Waals surface area contributed by atoms with Crippen molar-refractivity contribution in [2.75, 3.05) is 32.7 Å². The Labute approximate surface area is 153 Å². The second kappa shape index (κ2) is 7.33. The third kappa shape index (κ3) is 3.24. The molecule has 6 nitrogen and oxygen atoms in total. The summed E-state index contributed by atoms with van der Waals surface area (Å²) in [5.74, 6) is 1.27. The number of H-pyrrole nitrogens is 1. The van der Waals surface area contributed by atoms with Crippen LogP contribution >= 0.6 is 0 Å². The molecule has 2 aromatic heterocycles. The second-order valence-electron chi connectivity index (χ2n) is 6.77. The first-order valence-corrected chi connectivity index (χ1v) is 9.34. The summed E-state index contributed by atoms with van der Waals surface area (Å²) in [5, 5.41) is 1.01. The van der Waals surface area contributed by atoms with Crippen molar-refractivity contribution in [3.8, 4) is 0 Å². The van der Waals surface area contributed by atoms with Crippen molar-refractivity contribution >= 4 is 16.8 Å². The molecule has 3 aromatic rings. The van der Waals surface area contributed by atoms with E-state index in [1.807, 2.05) is 41.6 Å². The van der Waals surface area contributed by atoms with Gasteiger partial charge in [-0.3, -0.25) is 9.69 Å². The van der Waals surface area contributed by atoms with E-state index in [4.69, 9.17) is 0 Å². The molecule has 4 rings (SSSR count). The molecule has 1 saturated heterocycles. The Hall–Kier alpha value is -2.60. The third-order valence-corrected chi connectivity index (χ3v) is 5.25. The monoisotopic (exact) mass is 351 g/mol. The van der Waals surface area contributed by atoms with Crippen molar-refractivity contribution < 1.29 is 4.79 Å². The Morgan fingerprint density at radius 1 is 1.15 bits per heavy atom. The van der Waals surface area contributed by atoms with Crippen LogP contribution in [0.1, 0.15) is 23.1 Å². The molecule has 1 aliphatic rings. The number of carbonyl (C=O) groups is 1. The lowest BCUT2D eigenvalue weighted by Crippen LogP contribution is -2.49. The molecular weight excluding hydrogens is 326 g/mol. The zero-order valence-corrected chi connectivity index (χ0v) is 15.2. The van der Waals surface area contributed by atoms with E-state index >= 15 is 0 Å². The van der Waals surface area contributed by atoms with Crippen molar-refractivity contribution in [3.63, 3.8) is 0 Å². The van der Waals surface area contributed by atoms with E-state index in [-0.39, 0.29) is 5.91 Å². The summed E-state index contributed by atoms with van der Waals surface area (Å²) in [6.07, 6.45) is 6.72. The van der Waals surface area contributed by atoms with Gasteiger partial charge in [-0.05, 0) is 6.07 Å². The van der Waals surface area contributed by atoms with Crippen molar-refractivity contribution in [1.82, 2.24) is 24.3 Å². The summed E-state index contributed by atoms with van der Waals surface area (Å²) in [6.45, 7) is 7.49. The predicted molar refractivity (Wildman–Crippen MR) is 102 cm³/mol. The first-order valence-electron chi connectivity index (χ1n) is 9.34. The van der Waals surface area contributed by atoms with E-state index in [1.54, 1.807) is 0 Å². The second-order valence-corrected chi connectivity index (χ2v) is 6.77. The molecule has 0 bridgehead atoms. The molecule has 0 radical (unpaired) electrons. The molecular formula is C20H25N5O. The van der Waals surface area contributed by atoms with Gasteiger partial charge in [0.1, 0.15) is 5.82 Å². The minimum atomic E-state index is 0.130. The topological polar surface area (TPSA) is 57.2 Å². The van der Waals surface area contributed by atoms with E-state index in [0.717, 1.165) is 68.0 Å². The molecule has 6 heteroatoms. The van der Waals surface area contributed by atoms with Gasteiger partial charge in [-0.25, -0.2) is 4.98 Å². The van der Waals surface area contributed by atoms with Gasteiger partial charge in [0.25, 0.3) is 5.91 Å². The number of rotatable bonds is 5. The number of nitrogens with zero attached hydrogens (tertiary/aromatic N) is 4. The van der Waals surface area contributed by atoms with Gasteiger partial charge in [0, 0.05) is 75.2 Å². The highest BCUT2D eigenvalue weighted by molar-refractivity contribution is 6.06. The number of fused-ring (bicyclic) bond motifs is 1. The molecule has 1 fully saturated rings. The van der Waals surface area contributed by atoms with Crippen LogP contribution in [-0.2, 0) is 13.0 Å². The number of amides is 1. The SMILES string of the molecule is CCc1nccn1CCN1CCN(C(=O)c2c[nH]c3ccccc23)CC1. The van der Waals surface area contributed by atoms with Crippen molar-refractivity contribution in [3.05, 3.63) is 54.2 Å². The smallest absolute Gasteiger partial charge is 0.256 e. The number of carbonyl (C=O) groups excluding carboxylic acids is 1. The largest absolute Gasteiger partial charge is 0.360 e. The summed E-state index contributed by atoms with van der Waals surface area (Å²) in [5.41, 5.74) is 1.79. The van der Waals surface area contributed by atoms with Crippen LogP contribution in [0.15, 0.2) is 42.9 Å². The van der Waals surface area contributed by atoms with Crippen LogP contribution in [0, 0.1) is 0 Å². The molecule has 1 amide bonds. The van der Waals surface area contributed by atoms with Gasteiger partial charge in [0.2, 0.25) is 0 Å². The summed E-state index contributed by atoms with van der Waals surface area (Å²) in [7, 11) is 0. The summed E-state index contributed by atoms with van der Waals surface area (Å²) >= 11 is 0. The van der Waals surface area contributed by atoms with Crippen molar-refractivity contribution in [2.45, 2.75) is 19.9 Å². The lowest BCUT2D eigenvalue weighted by Gasteiger charge is -2.34.